The number of furan rings is 1. The lowest BCUT2D eigenvalue weighted by Gasteiger charge is -2.05. The number of aryl methyl sites for hydroxylation is 1. The van der Waals surface area contributed by atoms with Gasteiger partial charge in [0, 0.05) is 16.5 Å². The van der Waals surface area contributed by atoms with E-state index in [0.29, 0.717) is 16.9 Å². The molecule has 3 aromatic rings. The summed E-state index contributed by atoms with van der Waals surface area (Å²) in [6.07, 6.45) is 0. The van der Waals surface area contributed by atoms with E-state index in [1.54, 1.807) is 24.3 Å². The van der Waals surface area contributed by atoms with E-state index in [-0.39, 0.29) is 30.7 Å². The van der Waals surface area contributed by atoms with Crippen molar-refractivity contribution in [1.29, 1.82) is 0 Å². The van der Waals surface area contributed by atoms with Crippen molar-refractivity contribution >= 4 is 46.0 Å². The molecule has 0 aliphatic rings. The molecule has 0 saturated heterocycles. The molecule has 1 aromatic carbocycles. The summed E-state index contributed by atoms with van der Waals surface area (Å²) >= 11 is 3.03. The second-order valence-corrected chi connectivity index (χ2v) is 7.69. The van der Waals surface area contributed by atoms with Crippen LogP contribution in [0.3, 0.4) is 0 Å². The van der Waals surface area contributed by atoms with Gasteiger partial charge < -0.3 is 13.9 Å². The number of para-hydroxylation sites is 1. The summed E-state index contributed by atoms with van der Waals surface area (Å²) in [5, 5.41) is 3.72. The van der Waals surface area contributed by atoms with Crippen LogP contribution in [0.1, 0.15) is 33.7 Å². The molecule has 6 nitrogen and oxygen atoms in total. The molecule has 27 heavy (non-hydrogen) atoms. The second-order valence-electron chi connectivity index (χ2n) is 5.64. The minimum atomic E-state index is -0.562. The van der Waals surface area contributed by atoms with E-state index in [0.717, 1.165) is 16.1 Å². The minimum Gasteiger partial charge on any atom is -0.460 e. The van der Waals surface area contributed by atoms with E-state index in [9.17, 15) is 9.59 Å². The summed E-state index contributed by atoms with van der Waals surface area (Å²) in [5.41, 5.74) is 2.04. The number of hydrogen-bond donors (Lipinski definition) is 0. The largest absolute Gasteiger partial charge is 0.460 e. The Balaban J connectivity index is 1.62. The van der Waals surface area contributed by atoms with Crippen LogP contribution in [-0.4, -0.2) is 29.3 Å². The number of carbonyl (C=O) groups excluding carboxylic acids is 2. The molecule has 0 unspecified atom stereocenters. The van der Waals surface area contributed by atoms with Gasteiger partial charge in [0.15, 0.2) is 0 Å². The molecule has 0 N–H and O–H groups in total. The van der Waals surface area contributed by atoms with Gasteiger partial charge in [0.2, 0.25) is 5.76 Å². The van der Waals surface area contributed by atoms with E-state index in [2.05, 4.69) is 4.98 Å². The Morgan fingerprint density at radius 2 is 2.07 bits per heavy atom. The molecule has 0 aliphatic carbocycles. The van der Waals surface area contributed by atoms with E-state index in [1.807, 2.05) is 30.5 Å². The smallest absolute Gasteiger partial charge is 0.374 e. The molecule has 0 atom stereocenters. The lowest BCUT2D eigenvalue weighted by atomic mass is 10.1. The van der Waals surface area contributed by atoms with Crippen molar-refractivity contribution in [3.63, 3.8) is 0 Å². The van der Waals surface area contributed by atoms with Gasteiger partial charge in [-0.05, 0) is 19.9 Å². The molecule has 142 valence electrons. The number of carbonyl (C=O) groups is 2. The standard InChI is InChI=1S/C19H19NO5S2/c1-3-23-19(22)18-15(14-6-4-5-7-16(14)25-18)8-24-17(21)11-26-9-13-10-27-12(2)20-13/h4-7,10H,3,8-9,11H2,1-2H3. The molecular weight excluding hydrogens is 386 g/mol. The maximum Gasteiger partial charge on any atom is 0.374 e. The number of hydrogen-bond acceptors (Lipinski definition) is 8. The van der Waals surface area contributed by atoms with Gasteiger partial charge in [-0.1, -0.05) is 18.2 Å². The van der Waals surface area contributed by atoms with Gasteiger partial charge in [-0.25, -0.2) is 9.78 Å². The first-order valence-corrected chi connectivity index (χ1v) is 10.4. The van der Waals surface area contributed by atoms with Crippen LogP contribution in [0.5, 0.6) is 0 Å². The van der Waals surface area contributed by atoms with Gasteiger partial charge in [0.05, 0.1) is 28.6 Å². The molecule has 3 rings (SSSR count). The van der Waals surface area contributed by atoms with Gasteiger partial charge in [0.1, 0.15) is 12.2 Å². The van der Waals surface area contributed by atoms with Crippen molar-refractivity contribution in [3.05, 3.63) is 51.7 Å². The Morgan fingerprint density at radius 3 is 2.81 bits per heavy atom. The first kappa shape index (κ1) is 19.4. The van der Waals surface area contributed by atoms with Crippen LogP contribution < -0.4 is 0 Å². The Morgan fingerprint density at radius 1 is 1.26 bits per heavy atom. The average Bonchev–Trinajstić information content (AvgIpc) is 3.23. The molecule has 0 radical (unpaired) electrons. The van der Waals surface area contributed by atoms with E-state index >= 15 is 0 Å². The normalized spacial score (nSPS) is 10.9. The predicted molar refractivity (Wildman–Crippen MR) is 105 cm³/mol. The average molecular weight is 405 g/mol. The Hall–Kier alpha value is -2.32. The first-order valence-electron chi connectivity index (χ1n) is 8.40. The highest BCUT2D eigenvalue weighted by Gasteiger charge is 2.22. The van der Waals surface area contributed by atoms with Crippen LogP contribution in [0.4, 0.5) is 0 Å². The SMILES string of the molecule is CCOC(=O)c1oc2ccccc2c1COC(=O)CSCc1csc(C)n1. The second kappa shape index (κ2) is 9.05. The zero-order chi connectivity index (χ0) is 19.2. The van der Waals surface area contributed by atoms with Crippen LogP contribution in [0.15, 0.2) is 34.1 Å². The minimum absolute atomic E-state index is 0.0413. The van der Waals surface area contributed by atoms with Crippen molar-refractivity contribution in [2.45, 2.75) is 26.2 Å². The van der Waals surface area contributed by atoms with Crippen molar-refractivity contribution in [2.24, 2.45) is 0 Å². The summed E-state index contributed by atoms with van der Waals surface area (Å²) in [5.74, 6) is 0.0278. The summed E-state index contributed by atoms with van der Waals surface area (Å²) in [6.45, 7) is 3.87. The van der Waals surface area contributed by atoms with Crippen molar-refractivity contribution in [2.75, 3.05) is 12.4 Å². The van der Waals surface area contributed by atoms with E-state index < -0.39 is 5.97 Å². The third-order valence-electron chi connectivity index (χ3n) is 3.67. The number of thiazole rings is 1. The zero-order valence-electron chi connectivity index (χ0n) is 15.0. The topological polar surface area (TPSA) is 78.6 Å². The Bertz CT molecular complexity index is 947. The molecule has 2 aromatic heterocycles. The van der Waals surface area contributed by atoms with Crippen LogP contribution >= 0.6 is 23.1 Å². The first-order chi connectivity index (χ1) is 13.1. The van der Waals surface area contributed by atoms with Crippen LogP contribution in [0.2, 0.25) is 0 Å². The van der Waals surface area contributed by atoms with Crippen molar-refractivity contribution in [3.8, 4) is 0 Å². The fraction of sp³-hybridized carbons (Fsp3) is 0.316. The van der Waals surface area contributed by atoms with Gasteiger partial charge in [0.25, 0.3) is 0 Å². The molecule has 0 bridgehead atoms. The monoisotopic (exact) mass is 405 g/mol. The van der Waals surface area contributed by atoms with Gasteiger partial charge in [-0.15, -0.1) is 23.1 Å². The molecule has 0 amide bonds. The highest BCUT2D eigenvalue weighted by atomic mass is 32.2. The van der Waals surface area contributed by atoms with Gasteiger partial charge >= 0.3 is 11.9 Å². The lowest BCUT2D eigenvalue weighted by molar-refractivity contribution is -0.141. The fourth-order valence-corrected chi connectivity index (χ4v) is 3.94. The number of fused-ring (bicyclic) bond motifs is 1. The molecular formula is C19H19NO5S2. The molecule has 8 heteroatoms. The van der Waals surface area contributed by atoms with Gasteiger partial charge in [-0.2, -0.15) is 0 Å². The quantitative estimate of drug-likeness (QED) is 0.516. The number of thioether (sulfide) groups is 1. The van der Waals surface area contributed by atoms with Crippen molar-refractivity contribution in [1.82, 2.24) is 4.98 Å². The fourth-order valence-electron chi connectivity index (χ4n) is 2.51. The number of aromatic nitrogens is 1. The third kappa shape index (κ3) is 4.90. The van der Waals surface area contributed by atoms with E-state index in [1.165, 1.54) is 11.8 Å². The third-order valence-corrected chi connectivity index (χ3v) is 5.44. The van der Waals surface area contributed by atoms with Crippen LogP contribution in [-0.2, 0) is 26.6 Å². The Kier molecular flexibility index (Phi) is 6.52. The number of ether oxygens (including phenoxy) is 2. The molecule has 0 saturated carbocycles. The predicted octanol–water partition coefficient (Wildman–Crippen LogP) is 4.35. The van der Waals surface area contributed by atoms with Crippen LogP contribution in [0, 0.1) is 6.92 Å². The number of nitrogens with zero attached hydrogens (tertiary/aromatic N) is 1. The molecule has 0 fully saturated rings. The number of esters is 2. The van der Waals surface area contributed by atoms with Gasteiger partial charge in [-0.3, -0.25) is 4.79 Å². The summed E-state index contributed by atoms with van der Waals surface area (Å²) in [7, 11) is 0. The Labute approximate surface area is 164 Å². The maximum atomic E-state index is 12.1. The van der Waals surface area contributed by atoms with Crippen molar-refractivity contribution < 1.29 is 23.5 Å². The molecule has 2 heterocycles. The highest BCUT2D eigenvalue weighted by Crippen LogP contribution is 2.27. The summed E-state index contributed by atoms with van der Waals surface area (Å²) < 4.78 is 16.0. The summed E-state index contributed by atoms with van der Waals surface area (Å²) in [6, 6.07) is 7.23. The molecule has 0 spiro atoms. The zero-order valence-corrected chi connectivity index (χ0v) is 16.7. The maximum absolute atomic E-state index is 12.1. The van der Waals surface area contributed by atoms with E-state index in [4.69, 9.17) is 13.9 Å². The lowest BCUT2D eigenvalue weighted by Crippen LogP contribution is -2.11. The van der Waals surface area contributed by atoms with Crippen LogP contribution in [0.25, 0.3) is 11.0 Å². The number of benzene rings is 1. The summed E-state index contributed by atoms with van der Waals surface area (Å²) in [4.78, 5) is 28.6. The molecule has 0 aliphatic heterocycles. The highest BCUT2D eigenvalue weighted by molar-refractivity contribution is 7.99. The number of rotatable bonds is 8.